The van der Waals surface area contributed by atoms with Crippen LogP contribution in [0.2, 0.25) is 10.0 Å². The normalized spacial score (nSPS) is 12.2. The van der Waals surface area contributed by atoms with E-state index in [0.29, 0.717) is 0 Å². The second-order valence-electron chi connectivity index (χ2n) is 2.82. The lowest BCUT2D eigenvalue weighted by Gasteiger charge is -2.07. The summed E-state index contributed by atoms with van der Waals surface area (Å²) >= 11 is 11.1. The van der Waals surface area contributed by atoms with E-state index in [9.17, 15) is 20.0 Å². The van der Waals surface area contributed by atoms with Crippen molar-refractivity contribution in [3.8, 4) is 0 Å². The van der Waals surface area contributed by atoms with Crippen LogP contribution in [0.5, 0.6) is 0 Å². The maximum atomic E-state index is 10.6. The van der Waals surface area contributed by atoms with Crippen molar-refractivity contribution in [2.45, 2.75) is 6.10 Å². The van der Waals surface area contributed by atoms with Crippen molar-refractivity contribution >= 4 is 34.9 Å². The van der Waals surface area contributed by atoms with Gasteiger partial charge < -0.3 is 10.2 Å². The van der Waals surface area contributed by atoms with Gasteiger partial charge in [-0.2, -0.15) is 0 Å². The van der Waals surface area contributed by atoms with E-state index in [1.54, 1.807) is 0 Å². The fourth-order valence-corrected chi connectivity index (χ4v) is 1.39. The lowest BCUT2D eigenvalue weighted by Crippen LogP contribution is -2.12. The number of hydrogen-bond donors (Lipinski definition) is 2. The van der Waals surface area contributed by atoms with Crippen LogP contribution in [0.3, 0.4) is 0 Å². The first-order chi connectivity index (χ1) is 7.34. The maximum Gasteiger partial charge on any atom is 0.337 e. The van der Waals surface area contributed by atoms with E-state index in [-0.39, 0.29) is 10.0 Å². The van der Waals surface area contributed by atoms with Gasteiger partial charge in [-0.1, -0.05) is 23.2 Å². The number of nitro groups is 1. The zero-order chi connectivity index (χ0) is 12.5. The Balaban J connectivity index is 3.41. The summed E-state index contributed by atoms with van der Waals surface area (Å²) in [6, 6.07) is 1.85. The molecular formula is C8H5Cl2NO5. The highest BCUT2D eigenvalue weighted by Crippen LogP contribution is 2.33. The first kappa shape index (κ1) is 12.7. The van der Waals surface area contributed by atoms with Gasteiger partial charge >= 0.3 is 5.97 Å². The highest BCUT2D eigenvalue weighted by atomic mass is 35.5. The minimum atomic E-state index is -2.02. The van der Waals surface area contributed by atoms with Crippen LogP contribution < -0.4 is 0 Å². The van der Waals surface area contributed by atoms with Gasteiger partial charge in [0.05, 0.1) is 20.5 Å². The zero-order valence-electron chi connectivity index (χ0n) is 7.55. The number of benzene rings is 1. The van der Waals surface area contributed by atoms with Gasteiger partial charge in [-0.05, 0) is 6.07 Å². The predicted molar refractivity (Wildman–Crippen MR) is 55.7 cm³/mol. The Morgan fingerprint density at radius 2 is 1.88 bits per heavy atom. The fraction of sp³-hybridized carbons (Fsp3) is 0.125. The number of rotatable bonds is 3. The topological polar surface area (TPSA) is 101 Å². The number of nitro benzene ring substituents is 1. The summed E-state index contributed by atoms with van der Waals surface area (Å²) in [5.74, 6) is -1.61. The van der Waals surface area contributed by atoms with Crippen molar-refractivity contribution in [1.82, 2.24) is 0 Å². The molecule has 0 aliphatic carbocycles. The molecule has 0 saturated carbocycles. The van der Waals surface area contributed by atoms with Crippen molar-refractivity contribution in [3.63, 3.8) is 0 Å². The molecule has 0 aliphatic rings. The molecule has 86 valence electrons. The summed E-state index contributed by atoms with van der Waals surface area (Å²) < 4.78 is 0. The lowest BCUT2D eigenvalue weighted by atomic mass is 10.1. The minimum Gasteiger partial charge on any atom is -0.479 e. The van der Waals surface area contributed by atoms with Gasteiger partial charge in [0.1, 0.15) is 0 Å². The number of carboxylic acid groups (broad SMARTS) is 1. The van der Waals surface area contributed by atoms with Crippen LogP contribution in [0.4, 0.5) is 5.69 Å². The van der Waals surface area contributed by atoms with Crippen molar-refractivity contribution in [2.24, 2.45) is 0 Å². The molecule has 0 aliphatic heterocycles. The molecular weight excluding hydrogens is 261 g/mol. The van der Waals surface area contributed by atoms with Crippen molar-refractivity contribution < 1.29 is 19.9 Å². The maximum absolute atomic E-state index is 10.6. The Labute approximate surface area is 99.2 Å². The summed E-state index contributed by atoms with van der Waals surface area (Å²) in [5, 5.41) is 28.2. The highest BCUT2D eigenvalue weighted by molar-refractivity contribution is 6.42. The summed E-state index contributed by atoms with van der Waals surface area (Å²) in [6.45, 7) is 0. The molecule has 1 aromatic rings. The van der Waals surface area contributed by atoms with Gasteiger partial charge in [0, 0.05) is 6.07 Å². The molecule has 0 radical (unpaired) electrons. The number of carbonyl (C=O) groups is 1. The SMILES string of the molecule is O=C(O)C(O)c1cc(Cl)c(Cl)cc1[N+](=O)[O-]. The van der Waals surface area contributed by atoms with E-state index < -0.39 is 28.2 Å². The quantitative estimate of drug-likeness (QED) is 0.643. The van der Waals surface area contributed by atoms with Gasteiger partial charge in [-0.25, -0.2) is 4.79 Å². The van der Waals surface area contributed by atoms with Gasteiger partial charge in [0.15, 0.2) is 6.10 Å². The molecule has 2 N–H and O–H groups in total. The Hall–Kier alpha value is -1.37. The lowest BCUT2D eigenvalue weighted by molar-refractivity contribution is -0.386. The molecule has 16 heavy (non-hydrogen) atoms. The number of aliphatic hydroxyl groups is 1. The molecule has 6 nitrogen and oxygen atoms in total. The van der Waals surface area contributed by atoms with Crippen LogP contribution in [0.1, 0.15) is 11.7 Å². The van der Waals surface area contributed by atoms with Gasteiger partial charge in [-0.3, -0.25) is 10.1 Å². The third-order valence-electron chi connectivity index (χ3n) is 1.79. The average molecular weight is 266 g/mol. The molecule has 1 unspecified atom stereocenters. The molecule has 1 atom stereocenters. The summed E-state index contributed by atoms with van der Waals surface area (Å²) in [6.07, 6.45) is -2.02. The molecule has 1 rings (SSSR count). The number of carboxylic acids is 1. The molecule has 1 aromatic carbocycles. The van der Waals surface area contributed by atoms with E-state index in [0.717, 1.165) is 12.1 Å². The zero-order valence-corrected chi connectivity index (χ0v) is 9.07. The summed E-state index contributed by atoms with van der Waals surface area (Å²) in [7, 11) is 0. The summed E-state index contributed by atoms with van der Waals surface area (Å²) in [4.78, 5) is 20.3. The van der Waals surface area contributed by atoms with E-state index in [1.807, 2.05) is 0 Å². The van der Waals surface area contributed by atoms with Crippen molar-refractivity contribution in [1.29, 1.82) is 0 Å². The fourth-order valence-electron chi connectivity index (χ4n) is 1.06. The van der Waals surface area contributed by atoms with Crippen LogP contribution in [0.15, 0.2) is 12.1 Å². The van der Waals surface area contributed by atoms with E-state index in [2.05, 4.69) is 0 Å². The first-order valence-electron chi connectivity index (χ1n) is 3.88. The average Bonchev–Trinajstić information content (AvgIpc) is 2.19. The van der Waals surface area contributed by atoms with Crippen LogP contribution in [0.25, 0.3) is 0 Å². The predicted octanol–water partition coefficient (Wildman–Crippen LogP) is 2.02. The van der Waals surface area contributed by atoms with Crippen molar-refractivity contribution in [3.05, 3.63) is 37.9 Å². The standard InChI is InChI=1S/C8H5Cl2NO5/c9-4-1-3(7(12)8(13)14)6(11(15)16)2-5(4)10/h1-2,7,12H,(H,13,14). The van der Waals surface area contributed by atoms with Gasteiger partial charge in [-0.15, -0.1) is 0 Å². The van der Waals surface area contributed by atoms with Crippen LogP contribution in [0, 0.1) is 10.1 Å². The smallest absolute Gasteiger partial charge is 0.337 e. The van der Waals surface area contributed by atoms with E-state index in [4.69, 9.17) is 28.3 Å². The summed E-state index contributed by atoms with van der Waals surface area (Å²) in [5.41, 5.74) is -1.00. The van der Waals surface area contributed by atoms with Crippen LogP contribution in [-0.2, 0) is 4.79 Å². The molecule has 0 amide bonds. The Bertz CT molecular complexity index is 462. The second-order valence-corrected chi connectivity index (χ2v) is 3.64. The molecule has 0 heterocycles. The number of halogens is 2. The molecule has 0 bridgehead atoms. The Kier molecular flexibility index (Phi) is 3.69. The Morgan fingerprint density at radius 1 is 1.38 bits per heavy atom. The molecule has 0 fully saturated rings. The molecule has 8 heteroatoms. The van der Waals surface area contributed by atoms with Crippen LogP contribution in [-0.4, -0.2) is 21.1 Å². The molecule has 0 saturated heterocycles. The number of nitrogens with zero attached hydrogens (tertiary/aromatic N) is 1. The van der Waals surface area contributed by atoms with Gasteiger partial charge in [0.25, 0.3) is 5.69 Å². The van der Waals surface area contributed by atoms with E-state index in [1.165, 1.54) is 0 Å². The third-order valence-corrected chi connectivity index (χ3v) is 2.52. The third kappa shape index (κ3) is 2.41. The van der Waals surface area contributed by atoms with E-state index >= 15 is 0 Å². The largest absolute Gasteiger partial charge is 0.479 e. The minimum absolute atomic E-state index is 0.0671. The second kappa shape index (κ2) is 4.65. The van der Waals surface area contributed by atoms with Crippen molar-refractivity contribution in [2.75, 3.05) is 0 Å². The monoisotopic (exact) mass is 265 g/mol. The number of hydrogen-bond acceptors (Lipinski definition) is 4. The Morgan fingerprint density at radius 3 is 2.31 bits per heavy atom. The molecule has 0 aromatic heterocycles. The first-order valence-corrected chi connectivity index (χ1v) is 4.64. The number of aliphatic carboxylic acids is 1. The van der Waals surface area contributed by atoms with Gasteiger partial charge in [0.2, 0.25) is 0 Å². The van der Waals surface area contributed by atoms with Crippen LogP contribution >= 0.6 is 23.2 Å². The number of aliphatic hydroxyl groups excluding tert-OH is 1. The highest BCUT2D eigenvalue weighted by Gasteiger charge is 2.27. The molecule has 0 spiro atoms.